The van der Waals surface area contributed by atoms with Crippen LogP contribution in [0, 0.1) is 5.82 Å². The molecule has 1 N–H and O–H groups in total. The van der Waals surface area contributed by atoms with Crippen LogP contribution in [0.25, 0.3) is 0 Å². The van der Waals surface area contributed by atoms with Crippen molar-refractivity contribution in [1.82, 2.24) is 10.3 Å². The quantitative estimate of drug-likeness (QED) is 0.911. The van der Waals surface area contributed by atoms with Gasteiger partial charge in [0.15, 0.2) is 18.2 Å². The number of hydrogen-bond donors (Lipinski definition) is 1. The number of nitrogens with one attached hydrogen (secondary N) is 1. The van der Waals surface area contributed by atoms with Crippen molar-refractivity contribution < 1.29 is 13.9 Å². The first-order valence-corrected chi connectivity index (χ1v) is 6.69. The second-order valence-electron chi connectivity index (χ2n) is 3.96. The maximum atomic E-state index is 13.5. The average Bonchev–Trinajstić information content (AvgIpc) is 2.45. The zero-order valence-corrected chi connectivity index (χ0v) is 12.1. The van der Waals surface area contributed by atoms with Crippen LogP contribution in [0.3, 0.4) is 0 Å². The van der Waals surface area contributed by atoms with E-state index in [1.165, 1.54) is 12.1 Å². The van der Waals surface area contributed by atoms with Crippen molar-refractivity contribution in [1.29, 1.82) is 0 Å². The molecule has 0 fully saturated rings. The molecule has 4 nitrogen and oxygen atoms in total. The molecule has 2 rings (SSSR count). The Morgan fingerprint density at radius 2 is 2.20 bits per heavy atom. The van der Waals surface area contributed by atoms with Gasteiger partial charge in [-0.2, -0.15) is 0 Å². The third-order valence-electron chi connectivity index (χ3n) is 2.45. The highest BCUT2D eigenvalue weighted by Crippen LogP contribution is 2.21. The molecule has 1 aromatic heterocycles. The summed E-state index contributed by atoms with van der Waals surface area (Å²) in [5.74, 6) is -0.809. The molecule has 20 heavy (non-hydrogen) atoms. The Bertz CT molecular complexity index is 593. The highest BCUT2D eigenvalue weighted by molar-refractivity contribution is 9.10. The molecule has 2 aromatic rings. The van der Waals surface area contributed by atoms with Gasteiger partial charge >= 0.3 is 0 Å². The topological polar surface area (TPSA) is 51.2 Å². The van der Waals surface area contributed by atoms with Gasteiger partial charge in [0.25, 0.3) is 5.91 Å². The van der Waals surface area contributed by atoms with Gasteiger partial charge in [0, 0.05) is 10.7 Å². The van der Waals surface area contributed by atoms with E-state index in [-0.39, 0.29) is 18.3 Å². The Morgan fingerprint density at radius 3 is 2.90 bits per heavy atom. The number of hydrogen-bond acceptors (Lipinski definition) is 3. The number of benzene rings is 1. The summed E-state index contributed by atoms with van der Waals surface area (Å²) < 4.78 is 19.2. The minimum Gasteiger partial charge on any atom is -0.481 e. The van der Waals surface area contributed by atoms with Gasteiger partial charge in [0.05, 0.1) is 12.2 Å². The van der Waals surface area contributed by atoms with E-state index in [1.807, 2.05) is 6.07 Å². The molecule has 0 saturated carbocycles. The SMILES string of the molecule is O=C(COc1ccc(Br)cc1F)NCc1ccccn1. The first-order valence-electron chi connectivity index (χ1n) is 5.89. The zero-order chi connectivity index (χ0) is 14.4. The van der Waals surface area contributed by atoms with Gasteiger partial charge in [-0.3, -0.25) is 9.78 Å². The van der Waals surface area contributed by atoms with Crippen LogP contribution in [0.15, 0.2) is 47.1 Å². The van der Waals surface area contributed by atoms with E-state index >= 15 is 0 Å². The normalized spacial score (nSPS) is 10.1. The van der Waals surface area contributed by atoms with Crippen molar-refractivity contribution in [3.05, 3.63) is 58.6 Å². The second kappa shape index (κ2) is 7.00. The van der Waals surface area contributed by atoms with E-state index in [2.05, 4.69) is 26.2 Å². The number of aromatic nitrogens is 1. The summed E-state index contributed by atoms with van der Waals surface area (Å²) in [6.07, 6.45) is 1.65. The van der Waals surface area contributed by atoms with Crippen molar-refractivity contribution in [3.8, 4) is 5.75 Å². The number of amides is 1. The Balaban J connectivity index is 1.80. The molecule has 1 aromatic carbocycles. The fourth-order valence-electron chi connectivity index (χ4n) is 1.48. The van der Waals surface area contributed by atoms with E-state index in [0.717, 1.165) is 5.69 Å². The van der Waals surface area contributed by atoms with Gasteiger partial charge in [-0.05, 0) is 30.3 Å². The molecule has 0 unspecified atom stereocenters. The number of halogens is 2. The first-order chi connectivity index (χ1) is 9.65. The molecule has 104 valence electrons. The van der Waals surface area contributed by atoms with Gasteiger partial charge in [0.2, 0.25) is 0 Å². The molecule has 0 atom stereocenters. The fourth-order valence-corrected chi connectivity index (χ4v) is 1.81. The standard InChI is InChI=1S/C14H12BrFN2O2/c15-10-4-5-13(12(16)7-10)20-9-14(19)18-8-11-3-1-2-6-17-11/h1-7H,8-9H2,(H,18,19). The molecule has 1 amide bonds. The van der Waals surface area contributed by atoms with E-state index < -0.39 is 5.82 Å². The zero-order valence-electron chi connectivity index (χ0n) is 10.5. The number of pyridine rings is 1. The highest BCUT2D eigenvalue weighted by atomic mass is 79.9. The van der Waals surface area contributed by atoms with E-state index in [0.29, 0.717) is 11.0 Å². The molecule has 0 aliphatic rings. The van der Waals surface area contributed by atoms with Gasteiger partial charge in [-0.25, -0.2) is 4.39 Å². The van der Waals surface area contributed by atoms with E-state index in [1.54, 1.807) is 24.4 Å². The smallest absolute Gasteiger partial charge is 0.258 e. The van der Waals surface area contributed by atoms with Gasteiger partial charge in [-0.15, -0.1) is 0 Å². The van der Waals surface area contributed by atoms with Crippen LogP contribution < -0.4 is 10.1 Å². The third kappa shape index (κ3) is 4.31. The van der Waals surface area contributed by atoms with Crippen LogP contribution in [-0.4, -0.2) is 17.5 Å². The molecule has 0 aliphatic heterocycles. The Labute approximate surface area is 124 Å². The van der Waals surface area contributed by atoms with Crippen LogP contribution in [0.2, 0.25) is 0 Å². The molecule has 0 spiro atoms. The molecule has 0 bridgehead atoms. The summed E-state index contributed by atoms with van der Waals surface area (Å²) in [4.78, 5) is 15.6. The fraction of sp³-hybridized carbons (Fsp3) is 0.143. The monoisotopic (exact) mass is 338 g/mol. The Kier molecular flexibility index (Phi) is 5.06. The van der Waals surface area contributed by atoms with Crippen LogP contribution in [0.5, 0.6) is 5.75 Å². The lowest BCUT2D eigenvalue weighted by Crippen LogP contribution is -2.28. The first kappa shape index (κ1) is 14.5. The summed E-state index contributed by atoms with van der Waals surface area (Å²) in [5, 5.41) is 2.64. The van der Waals surface area contributed by atoms with Crippen molar-refractivity contribution >= 4 is 21.8 Å². The summed E-state index contributed by atoms with van der Waals surface area (Å²) in [7, 11) is 0. The lowest BCUT2D eigenvalue weighted by Gasteiger charge is -2.08. The lowest BCUT2D eigenvalue weighted by molar-refractivity contribution is -0.123. The number of nitrogens with zero attached hydrogens (tertiary/aromatic N) is 1. The predicted octanol–water partition coefficient (Wildman–Crippen LogP) is 2.68. The highest BCUT2D eigenvalue weighted by Gasteiger charge is 2.07. The van der Waals surface area contributed by atoms with Crippen molar-refractivity contribution in [2.24, 2.45) is 0 Å². The average molecular weight is 339 g/mol. The second-order valence-corrected chi connectivity index (χ2v) is 4.88. The summed E-state index contributed by atoms with van der Waals surface area (Å²) in [6.45, 7) is 0.0667. The Morgan fingerprint density at radius 1 is 1.35 bits per heavy atom. The maximum absolute atomic E-state index is 13.5. The van der Waals surface area contributed by atoms with Crippen LogP contribution >= 0.6 is 15.9 Å². The maximum Gasteiger partial charge on any atom is 0.258 e. The van der Waals surface area contributed by atoms with E-state index in [9.17, 15) is 9.18 Å². The number of rotatable bonds is 5. The Hall–Kier alpha value is -1.95. The summed E-state index contributed by atoms with van der Waals surface area (Å²) in [5.41, 5.74) is 0.746. The predicted molar refractivity (Wildman–Crippen MR) is 75.7 cm³/mol. The number of carbonyl (C=O) groups is 1. The molecule has 6 heteroatoms. The number of carbonyl (C=O) groups excluding carboxylic acids is 1. The molecule has 1 heterocycles. The minimum absolute atomic E-state index is 0.0428. The lowest BCUT2D eigenvalue weighted by atomic mass is 10.3. The summed E-state index contributed by atoms with van der Waals surface area (Å²) in [6, 6.07) is 9.82. The van der Waals surface area contributed by atoms with Crippen LogP contribution in [-0.2, 0) is 11.3 Å². The summed E-state index contributed by atoms with van der Waals surface area (Å²) >= 11 is 3.15. The van der Waals surface area contributed by atoms with Gasteiger partial charge in [-0.1, -0.05) is 22.0 Å². The largest absolute Gasteiger partial charge is 0.481 e. The van der Waals surface area contributed by atoms with Crippen molar-refractivity contribution in [2.45, 2.75) is 6.54 Å². The number of ether oxygens (including phenoxy) is 1. The van der Waals surface area contributed by atoms with Gasteiger partial charge in [0.1, 0.15) is 0 Å². The van der Waals surface area contributed by atoms with Gasteiger partial charge < -0.3 is 10.1 Å². The molecule has 0 radical (unpaired) electrons. The van der Waals surface area contributed by atoms with Crippen LogP contribution in [0.4, 0.5) is 4.39 Å². The van der Waals surface area contributed by atoms with Crippen molar-refractivity contribution in [3.63, 3.8) is 0 Å². The van der Waals surface area contributed by atoms with Crippen LogP contribution in [0.1, 0.15) is 5.69 Å². The van der Waals surface area contributed by atoms with E-state index in [4.69, 9.17) is 4.74 Å². The molecule has 0 aliphatic carbocycles. The molecular formula is C14H12BrFN2O2. The molecule has 0 saturated heterocycles. The third-order valence-corrected chi connectivity index (χ3v) is 2.94. The molecular weight excluding hydrogens is 327 g/mol. The van der Waals surface area contributed by atoms with Crippen molar-refractivity contribution in [2.75, 3.05) is 6.61 Å². The minimum atomic E-state index is -0.517.